The maximum absolute atomic E-state index is 4.20. The van der Waals surface area contributed by atoms with Crippen LogP contribution in [0.4, 0.5) is 0 Å². The van der Waals surface area contributed by atoms with Crippen molar-refractivity contribution in [2.45, 2.75) is 0 Å². The van der Waals surface area contributed by atoms with E-state index in [2.05, 4.69) is 11.1 Å². The highest BCUT2D eigenvalue weighted by molar-refractivity contribution is 7.08. The van der Waals surface area contributed by atoms with Crippen molar-refractivity contribution in [3.8, 4) is 11.3 Å². The molecule has 2 heteroatoms. The van der Waals surface area contributed by atoms with Crippen molar-refractivity contribution >= 4 is 11.3 Å². The predicted octanol–water partition coefficient (Wildman–Crippen LogP) is 2.61. The summed E-state index contributed by atoms with van der Waals surface area (Å²) in [6.45, 7) is 0. The van der Waals surface area contributed by atoms with E-state index in [1.54, 1.807) is 17.5 Å². The normalized spacial score (nSPS) is 9.82. The van der Waals surface area contributed by atoms with Crippen molar-refractivity contribution < 1.29 is 0 Å². The first-order valence-electron chi connectivity index (χ1n) is 3.32. The maximum atomic E-state index is 4.20. The minimum atomic E-state index is 0.994. The molecule has 0 bridgehead atoms. The average Bonchev–Trinajstić information content (AvgIpc) is 2.58. The summed E-state index contributed by atoms with van der Waals surface area (Å²) in [5, 5.41) is 3.98. The Morgan fingerprint density at radius 1 is 1.36 bits per heavy atom. The third-order valence-electron chi connectivity index (χ3n) is 1.41. The standard InChI is InChI=1S/C9H6NS/c1-2-5-10-9(3-1)8-4-6-11-7-8/h1-3,5-7H. The summed E-state index contributed by atoms with van der Waals surface area (Å²) in [6, 6.07) is 8.99. The van der Waals surface area contributed by atoms with Crippen LogP contribution >= 0.6 is 11.3 Å². The third kappa shape index (κ3) is 1.30. The van der Waals surface area contributed by atoms with Crippen LogP contribution in [0, 0.1) is 6.07 Å². The zero-order chi connectivity index (χ0) is 7.52. The average molecular weight is 160 g/mol. The lowest BCUT2D eigenvalue weighted by atomic mass is 10.2. The van der Waals surface area contributed by atoms with Crippen molar-refractivity contribution in [3.63, 3.8) is 0 Å². The molecule has 0 spiro atoms. The molecule has 0 saturated heterocycles. The molecule has 11 heavy (non-hydrogen) atoms. The van der Waals surface area contributed by atoms with Crippen LogP contribution < -0.4 is 0 Å². The first-order chi connectivity index (χ1) is 5.47. The number of hydrogen-bond acceptors (Lipinski definition) is 2. The van der Waals surface area contributed by atoms with E-state index in [-0.39, 0.29) is 0 Å². The summed E-state index contributed by atoms with van der Waals surface area (Å²) < 4.78 is 0. The zero-order valence-corrected chi connectivity index (χ0v) is 6.64. The monoisotopic (exact) mass is 160 g/mol. The second kappa shape index (κ2) is 2.84. The quantitative estimate of drug-likeness (QED) is 0.625. The van der Waals surface area contributed by atoms with Gasteiger partial charge in [-0.1, -0.05) is 6.07 Å². The van der Waals surface area contributed by atoms with E-state index < -0.39 is 0 Å². The lowest BCUT2D eigenvalue weighted by Crippen LogP contribution is -1.76. The molecule has 2 aromatic heterocycles. The van der Waals surface area contributed by atoms with Crippen molar-refractivity contribution in [1.29, 1.82) is 0 Å². The molecular weight excluding hydrogens is 154 g/mol. The minimum absolute atomic E-state index is 0.994. The molecule has 0 amide bonds. The van der Waals surface area contributed by atoms with Crippen LogP contribution in [0.1, 0.15) is 0 Å². The molecule has 1 nitrogen and oxygen atoms in total. The number of hydrogen-bond donors (Lipinski definition) is 0. The Labute approximate surface area is 69.3 Å². The topological polar surface area (TPSA) is 12.9 Å². The number of aromatic nitrogens is 1. The van der Waals surface area contributed by atoms with E-state index in [0.29, 0.717) is 0 Å². The van der Waals surface area contributed by atoms with E-state index in [4.69, 9.17) is 0 Å². The van der Waals surface area contributed by atoms with Gasteiger partial charge in [0.15, 0.2) is 0 Å². The molecule has 2 aromatic rings. The zero-order valence-electron chi connectivity index (χ0n) is 5.82. The molecule has 53 valence electrons. The lowest BCUT2D eigenvalue weighted by Gasteiger charge is -1.92. The van der Waals surface area contributed by atoms with Crippen LogP contribution in [-0.2, 0) is 0 Å². The van der Waals surface area contributed by atoms with Gasteiger partial charge < -0.3 is 0 Å². The lowest BCUT2D eigenvalue weighted by molar-refractivity contribution is 1.33. The molecule has 0 fully saturated rings. The molecule has 0 unspecified atom stereocenters. The van der Waals surface area contributed by atoms with Crippen molar-refractivity contribution in [3.05, 3.63) is 41.2 Å². The van der Waals surface area contributed by atoms with E-state index in [1.165, 1.54) is 0 Å². The fourth-order valence-corrected chi connectivity index (χ4v) is 1.48. The van der Waals surface area contributed by atoms with Crippen molar-refractivity contribution in [2.24, 2.45) is 0 Å². The Kier molecular flexibility index (Phi) is 1.69. The van der Waals surface area contributed by atoms with Gasteiger partial charge in [-0.15, -0.1) is 0 Å². The Morgan fingerprint density at radius 3 is 3.00 bits per heavy atom. The van der Waals surface area contributed by atoms with Gasteiger partial charge in [0.1, 0.15) is 0 Å². The van der Waals surface area contributed by atoms with Gasteiger partial charge in [0, 0.05) is 23.2 Å². The molecule has 2 rings (SSSR count). The highest BCUT2D eigenvalue weighted by atomic mass is 32.1. The van der Waals surface area contributed by atoms with E-state index in [0.717, 1.165) is 11.3 Å². The predicted molar refractivity (Wildman–Crippen MR) is 46.4 cm³/mol. The molecule has 0 aliphatic rings. The smallest absolute Gasteiger partial charge is 0.0716 e. The van der Waals surface area contributed by atoms with Crippen molar-refractivity contribution in [2.75, 3.05) is 0 Å². The van der Waals surface area contributed by atoms with E-state index in [9.17, 15) is 0 Å². The van der Waals surface area contributed by atoms with Gasteiger partial charge in [-0.25, -0.2) is 0 Å². The van der Waals surface area contributed by atoms with Crippen molar-refractivity contribution in [1.82, 2.24) is 4.98 Å². The van der Waals surface area contributed by atoms with Crippen LogP contribution in [0.2, 0.25) is 0 Å². The SMILES string of the molecule is [c]1cscc1-c1ccccn1. The molecule has 1 radical (unpaired) electrons. The van der Waals surface area contributed by atoms with Gasteiger partial charge in [0.25, 0.3) is 0 Å². The second-order valence-corrected chi connectivity index (χ2v) is 2.89. The fourth-order valence-electron chi connectivity index (χ4n) is 0.890. The van der Waals surface area contributed by atoms with E-state index in [1.807, 2.05) is 29.0 Å². The Bertz CT molecular complexity index is 313. The molecule has 2 heterocycles. The molecule has 0 aromatic carbocycles. The number of pyridine rings is 1. The van der Waals surface area contributed by atoms with Gasteiger partial charge in [-0.3, -0.25) is 4.98 Å². The first kappa shape index (κ1) is 6.55. The summed E-state index contributed by atoms with van der Waals surface area (Å²) >= 11 is 1.64. The Balaban J connectivity index is 2.46. The van der Waals surface area contributed by atoms with Crippen LogP contribution in [0.5, 0.6) is 0 Å². The third-order valence-corrected chi connectivity index (χ3v) is 2.03. The van der Waals surface area contributed by atoms with Crippen LogP contribution in [0.15, 0.2) is 35.2 Å². The summed E-state index contributed by atoms with van der Waals surface area (Å²) in [7, 11) is 0. The van der Waals surface area contributed by atoms with E-state index >= 15 is 0 Å². The molecule has 0 aliphatic carbocycles. The fraction of sp³-hybridized carbons (Fsp3) is 0. The Hall–Kier alpha value is -1.15. The number of nitrogens with zero attached hydrogens (tertiary/aromatic N) is 1. The molecule has 0 N–H and O–H groups in total. The maximum Gasteiger partial charge on any atom is 0.0716 e. The summed E-state index contributed by atoms with van der Waals surface area (Å²) in [5.74, 6) is 0. The Morgan fingerprint density at radius 2 is 2.36 bits per heavy atom. The molecule has 0 atom stereocenters. The summed E-state index contributed by atoms with van der Waals surface area (Å²) in [4.78, 5) is 4.20. The van der Waals surface area contributed by atoms with Gasteiger partial charge in [-0.2, -0.15) is 11.3 Å². The highest BCUT2D eigenvalue weighted by Crippen LogP contribution is 2.17. The number of rotatable bonds is 1. The second-order valence-electron chi connectivity index (χ2n) is 2.14. The minimum Gasteiger partial charge on any atom is -0.256 e. The van der Waals surface area contributed by atoms with Gasteiger partial charge in [-0.05, 0) is 17.5 Å². The summed E-state index contributed by atoms with van der Waals surface area (Å²) in [5.41, 5.74) is 2.07. The van der Waals surface area contributed by atoms with Gasteiger partial charge >= 0.3 is 0 Å². The largest absolute Gasteiger partial charge is 0.256 e. The van der Waals surface area contributed by atoms with Gasteiger partial charge in [0.2, 0.25) is 0 Å². The van der Waals surface area contributed by atoms with Crippen LogP contribution in [0.3, 0.4) is 0 Å². The first-order valence-corrected chi connectivity index (χ1v) is 4.26. The van der Waals surface area contributed by atoms with Crippen LogP contribution in [0.25, 0.3) is 11.3 Å². The molecular formula is C9H6NS. The number of thiophene rings is 1. The van der Waals surface area contributed by atoms with Gasteiger partial charge in [0.05, 0.1) is 5.69 Å². The molecule has 0 saturated carbocycles. The summed E-state index contributed by atoms with van der Waals surface area (Å²) in [6.07, 6.45) is 1.79. The van der Waals surface area contributed by atoms with Crippen LogP contribution in [-0.4, -0.2) is 4.98 Å². The molecule has 0 aliphatic heterocycles. The highest BCUT2D eigenvalue weighted by Gasteiger charge is 1.95.